The van der Waals surface area contributed by atoms with Gasteiger partial charge in [-0.15, -0.1) is 0 Å². The van der Waals surface area contributed by atoms with Crippen molar-refractivity contribution in [3.05, 3.63) is 41.0 Å². The monoisotopic (exact) mass is 370 g/mol. The van der Waals surface area contributed by atoms with Gasteiger partial charge in [-0.05, 0) is 55.7 Å². The van der Waals surface area contributed by atoms with Crippen LogP contribution in [-0.2, 0) is 5.41 Å². The van der Waals surface area contributed by atoms with Crippen molar-refractivity contribution in [2.45, 2.75) is 96.5 Å². The average molecular weight is 371 g/mol. The lowest BCUT2D eigenvalue weighted by Crippen LogP contribution is -2.45. The molecule has 2 aliphatic rings. The van der Waals surface area contributed by atoms with Crippen molar-refractivity contribution in [2.75, 3.05) is 6.61 Å². The fraction of sp³-hybridized carbons (Fsp3) is 0.680. The fourth-order valence-electron chi connectivity index (χ4n) is 5.01. The number of unbranched alkanes of at least 4 members (excludes halogenated alkanes) is 3. The van der Waals surface area contributed by atoms with Crippen LogP contribution in [0.4, 0.5) is 0 Å². The Morgan fingerprint density at radius 1 is 1.19 bits per heavy atom. The van der Waals surface area contributed by atoms with Gasteiger partial charge in [0.15, 0.2) is 0 Å². The highest BCUT2D eigenvalue weighted by Crippen LogP contribution is 2.51. The molecule has 0 saturated heterocycles. The smallest absolute Gasteiger partial charge is 0.124 e. The van der Waals surface area contributed by atoms with Crippen molar-refractivity contribution in [3.8, 4) is 5.75 Å². The molecule has 150 valence electrons. The van der Waals surface area contributed by atoms with E-state index in [9.17, 15) is 5.11 Å². The molecule has 0 unspecified atom stereocenters. The van der Waals surface area contributed by atoms with Gasteiger partial charge in [0.25, 0.3) is 0 Å². The van der Waals surface area contributed by atoms with Gasteiger partial charge >= 0.3 is 0 Å². The van der Waals surface area contributed by atoms with Crippen LogP contribution in [0.3, 0.4) is 0 Å². The normalized spacial score (nSPS) is 23.9. The van der Waals surface area contributed by atoms with E-state index in [1.165, 1.54) is 48.8 Å². The van der Waals surface area contributed by atoms with E-state index < -0.39 is 0 Å². The van der Waals surface area contributed by atoms with Crippen LogP contribution in [0.2, 0.25) is 0 Å². The lowest BCUT2D eigenvalue weighted by molar-refractivity contribution is 0.0108. The first-order valence-corrected chi connectivity index (χ1v) is 10.9. The molecule has 2 nitrogen and oxygen atoms in total. The van der Waals surface area contributed by atoms with Gasteiger partial charge in [-0.1, -0.05) is 64.7 Å². The minimum absolute atomic E-state index is 0.168. The predicted octanol–water partition coefficient (Wildman–Crippen LogP) is 6.52. The van der Waals surface area contributed by atoms with Crippen molar-refractivity contribution < 1.29 is 9.84 Å². The average Bonchev–Trinajstić information content (AvgIpc) is 2.64. The largest absolute Gasteiger partial charge is 0.487 e. The zero-order valence-corrected chi connectivity index (χ0v) is 18.0. The molecule has 0 saturated carbocycles. The Balaban J connectivity index is 1.88. The second-order valence-electron chi connectivity index (χ2n) is 9.81. The molecule has 1 heterocycles. The molecule has 0 aromatic heterocycles. The number of allylic oxidation sites excluding steroid dienone is 1. The van der Waals surface area contributed by atoms with Crippen LogP contribution >= 0.6 is 0 Å². The summed E-state index contributed by atoms with van der Waals surface area (Å²) in [4.78, 5) is 0. The third-order valence-electron chi connectivity index (χ3n) is 6.90. The SMILES string of the molecule is CCCCCCC(C)(C)c1ccc2c(c1)OC(C)(C)[C@@H]1CCC(CO)=C[C@@H]21. The van der Waals surface area contributed by atoms with Crippen molar-refractivity contribution >= 4 is 0 Å². The Hall–Kier alpha value is -1.28. The fourth-order valence-corrected chi connectivity index (χ4v) is 5.01. The molecule has 2 atom stereocenters. The molecule has 1 aromatic rings. The van der Waals surface area contributed by atoms with Gasteiger partial charge < -0.3 is 9.84 Å². The minimum atomic E-state index is -0.168. The molecule has 2 heteroatoms. The molecule has 0 spiro atoms. The molecule has 27 heavy (non-hydrogen) atoms. The Bertz CT molecular complexity index is 684. The maximum absolute atomic E-state index is 9.63. The molecular weight excluding hydrogens is 332 g/mol. The Morgan fingerprint density at radius 3 is 2.67 bits per heavy atom. The highest BCUT2D eigenvalue weighted by molar-refractivity contribution is 5.47. The van der Waals surface area contributed by atoms with E-state index in [4.69, 9.17) is 4.74 Å². The first-order valence-electron chi connectivity index (χ1n) is 10.9. The standard InChI is InChI=1S/C25H38O2/c1-6-7-8-9-14-24(2,3)19-11-12-20-21-15-18(17-26)10-13-22(21)25(4,5)27-23(20)16-19/h11-12,15-16,21-22,26H,6-10,13-14,17H2,1-5H3/t21-,22+/m0/s1. The molecule has 0 fully saturated rings. The number of aliphatic hydroxyl groups excluding tert-OH is 1. The molecule has 3 rings (SSSR count). The third-order valence-corrected chi connectivity index (χ3v) is 6.90. The number of fused-ring (bicyclic) bond motifs is 3. The summed E-state index contributed by atoms with van der Waals surface area (Å²) in [6, 6.07) is 6.91. The summed E-state index contributed by atoms with van der Waals surface area (Å²) in [6.45, 7) is 11.6. The summed E-state index contributed by atoms with van der Waals surface area (Å²) < 4.78 is 6.54. The Kier molecular flexibility index (Phi) is 6.05. The summed E-state index contributed by atoms with van der Waals surface area (Å²) in [5.74, 6) is 1.89. The predicted molar refractivity (Wildman–Crippen MR) is 114 cm³/mol. The van der Waals surface area contributed by atoms with Gasteiger partial charge in [-0.3, -0.25) is 0 Å². The number of rotatable bonds is 7. The van der Waals surface area contributed by atoms with E-state index >= 15 is 0 Å². The van der Waals surface area contributed by atoms with Crippen LogP contribution in [0.1, 0.15) is 96.6 Å². The minimum Gasteiger partial charge on any atom is -0.487 e. The van der Waals surface area contributed by atoms with Crippen molar-refractivity contribution in [2.24, 2.45) is 5.92 Å². The molecule has 1 aliphatic heterocycles. The number of ether oxygens (including phenoxy) is 1. The zero-order chi connectivity index (χ0) is 19.7. The van der Waals surface area contributed by atoms with Gasteiger partial charge in [0.05, 0.1) is 6.61 Å². The van der Waals surface area contributed by atoms with Crippen LogP contribution in [0.5, 0.6) is 5.75 Å². The summed E-state index contributed by atoms with van der Waals surface area (Å²) in [7, 11) is 0. The number of aliphatic hydroxyl groups is 1. The van der Waals surface area contributed by atoms with Gasteiger partial charge in [-0.2, -0.15) is 0 Å². The number of benzene rings is 1. The first kappa shape index (κ1) is 20.5. The van der Waals surface area contributed by atoms with Gasteiger partial charge in [0.1, 0.15) is 11.4 Å². The van der Waals surface area contributed by atoms with Crippen molar-refractivity contribution in [3.63, 3.8) is 0 Å². The molecule has 0 radical (unpaired) electrons. The third kappa shape index (κ3) is 4.26. The van der Waals surface area contributed by atoms with Crippen LogP contribution in [-0.4, -0.2) is 17.3 Å². The van der Waals surface area contributed by atoms with Gasteiger partial charge in [0.2, 0.25) is 0 Å². The van der Waals surface area contributed by atoms with Gasteiger partial charge in [0, 0.05) is 17.4 Å². The summed E-state index contributed by atoms with van der Waals surface area (Å²) in [6.07, 6.45) is 10.8. The highest BCUT2D eigenvalue weighted by atomic mass is 16.5. The maximum atomic E-state index is 9.63. The van der Waals surface area contributed by atoms with E-state index in [2.05, 4.69) is 58.9 Å². The Morgan fingerprint density at radius 2 is 1.96 bits per heavy atom. The van der Waals surface area contributed by atoms with E-state index in [0.29, 0.717) is 11.8 Å². The zero-order valence-electron chi connectivity index (χ0n) is 18.0. The molecule has 1 N–H and O–H groups in total. The topological polar surface area (TPSA) is 29.5 Å². The summed E-state index contributed by atoms with van der Waals surface area (Å²) in [5, 5.41) is 9.63. The van der Waals surface area contributed by atoms with Crippen molar-refractivity contribution in [1.29, 1.82) is 0 Å². The first-order chi connectivity index (χ1) is 12.8. The van der Waals surface area contributed by atoms with Crippen LogP contribution in [0.15, 0.2) is 29.8 Å². The molecule has 0 amide bonds. The Labute approximate surface area is 166 Å². The van der Waals surface area contributed by atoms with E-state index in [1.54, 1.807) is 0 Å². The molecule has 0 bridgehead atoms. The van der Waals surface area contributed by atoms with Gasteiger partial charge in [-0.25, -0.2) is 0 Å². The molecule has 1 aliphatic carbocycles. The quantitative estimate of drug-likeness (QED) is 0.437. The van der Waals surface area contributed by atoms with Crippen LogP contribution in [0.25, 0.3) is 0 Å². The maximum Gasteiger partial charge on any atom is 0.124 e. The number of hydrogen-bond donors (Lipinski definition) is 1. The van der Waals surface area contributed by atoms with E-state index in [1.807, 2.05) is 0 Å². The summed E-state index contributed by atoms with van der Waals surface area (Å²) >= 11 is 0. The van der Waals surface area contributed by atoms with E-state index in [-0.39, 0.29) is 17.6 Å². The highest BCUT2D eigenvalue weighted by Gasteiger charge is 2.44. The van der Waals surface area contributed by atoms with Crippen LogP contribution < -0.4 is 4.74 Å². The lowest BCUT2D eigenvalue weighted by atomic mass is 9.67. The van der Waals surface area contributed by atoms with Crippen LogP contribution in [0, 0.1) is 5.92 Å². The second-order valence-corrected chi connectivity index (χ2v) is 9.81. The lowest BCUT2D eigenvalue weighted by Gasteiger charge is -2.46. The molecule has 1 aromatic carbocycles. The molecular formula is C25H38O2. The second kappa shape index (κ2) is 7.99. The van der Waals surface area contributed by atoms with Crippen molar-refractivity contribution in [1.82, 2.24) is 0 Å². The van der Waals surface area contributed by atoms with E-state index in [0.717, 1.165) is 18.6 Å². The summed E-state index contributed by atoms with van der Waals surface area (Å²) in [5.41, 5.74) is 3.87. The number of hydrogen-bond acceptors (Lipinski definition) is 2.